The Bertz CT molecular complexity index is 1020. The quantitative estimate of drug-likeness (QED) is 0.673. The summed E-state index contributed by atoms with van der Waals surface area (Å²) >= 11 is 0. The van der Waals surface area contributed by atoms with E-state index in [1.54, 1.807) is 11.8 Å². The zero-order valence-corrected chi connectivity index (χ0v) is 15.0. The molecule has 0 spiro atoms. The summed E-state index contributed by atoms with van der Waals surface area (Å²) in [5, 5.41) is 3.90. The summed E-state index contributed by atoms with van der Waals surface area (Å²) in [6.07, 6.45) is 1.05. The van der Waals surface area contributed by atoms with Crippen molar-refractivity contribution in [1.29, 1.82) is 0 Å². The molecule has 1 fully saturated rings. The Morgan fingerprint density at radius 1 is 1.25 bits per heavy atom. The summed E-state index contributed by atoms with van der Waals surface area (Å²) in [5.74, 6) is -0.578. The van der Waals surface area contributed by atoms with Gasteiger partial charge in [0.15, 0.2) is 5.65 Å². The van der Waals surface area contributed by atoms with E-state index in [2.05, 4.69) is 20.1 Å². The Morgan fingerprint density at radius 3 is 2.79 bits per heavy atom. The number of nitrogens with zero attached hydrogens (tertiary/aromatic N) is 6. The molecule has 0 aromatic carbocycles. The van der Waals surface area contributed by atoms with E-state index in [0.29, 0.717) is 30.8 Å². The molecule has 1 atom stereocenters. The summed E-state index contributed by atoms with van der Waals surface area (Å²) < 4.78 is 41.4. The first-order valence-corrected chi connectivity index (χ1v) is 8.83. The maximum Gasteiger partial charge on any atom is 0.433 e. The summed E-state index contributed by atoms with van der Waals surface area (Å²) in [4.78, 5) is 26.5. The number of aromatic nitrogens is 5. The molecule has 3 aromatic rings. The molecule has 4 rings (SSSR count). The number of piperidine rings is 1. The SMILES string of the molecule is Cc1cc2nc(C3CCCN(C(=O)c4cnccn4)C3)cc(C(F)(F)F)n2n1. The minimum Gasteiger partial charge on any atom is -0.337 e. The molecule has 28 heavy (non-hydrogen) atoms. The Balaban J connectivity index is 1.67. The molecular weight excluding hydrogens is 373 g/mol. The van der Waals surface area contributed by atoms with Crippen LogP contribution >= 0.6 is 0 Å². The van der Waals surface area contributed by atoms with Crippen molar-refractivity contribution in [3.63, 3.8) is 0 Å². The highest BCUT2D eigenvalue weighted by atomic mass is 19.4. The van der Waals surface area contributed by atoms with Crippen LogP contribution in [0.5, 0.6) is 0 Å². The fraction of sp³-hybridized carbons (Fsp3) is 0.389. The van der Waals surface area contributed by atoms with Gasteiger partial charge < -0.3 is 4.90 Å². The second kappa shape index (κ2) is 6.84. The van der Waals surface area contributed by atoms with Crippen molar-refractivity contribution in [1.82, 2.24) is 29.5 Å². The maximum atomic E-state index is 13.5. The van der Waals surface area contributed by atoms with Crippen LogP contribution < -0.4 is 0 Å². The van der Waals surface area contributed by atoms with Crippen molar-refractivity contribution >= 4 is 11.6 Å². The van der Waals surface area contributed by atoms with Crippen LogP contribution in [-0.4, -0.2) is 48.5 Å². The Labute approximate surface area is 158 Å². The number of carbonyl (C=O) groups is 1. The van der Waals surface area contributed by atoms with Gasteiger partial charge in [0.2, 0.25) is 0 Å². The summed E-state index contributed by atoms with van der Waals surface area (Å²) in [6.45, 7) is 2.42. The fourth-order valence-corrected chi connectivity index (χ4v) is 3.49. The highest BCUT2D eigenvalue weighted by molar-refractivity contribution is 5.92. The average molecular weight is 390 g/mol. The van der Waals surface area contributed by atoms with E-state index in [0.717, 1.165) is 10.6 Å². The normalized spacial score (nSPS) is 17.9. The van der Waals surface area contributed by atoms with Crippen molar-refractivity contribution in [3.8, 4) is 0 Å². The number of likely N-dealkylation sites (tertiary alicyclic amines) is 1. The summed E-state index contributed by atoms with van der Waals surface area (Å²) in [7, 11) is 0. The predicted molar refractivity (Wildman–Crippen MR) is 92.6 cm³/mol. The van der Waals surface area contributed by atoms with Gasteiger partial charge in [0.1, 0.15) is 11.4 Å². The van der Waals surface area contributed by atoms with Crippen LogP contribution in [0, 0.1) is 6.92 Å². The van der Waals surface area contributed by atoms with Crippen molar-refractivity contribution in [2.75, 3.05) is 13.1 Å². The van der Waals surface area contributed by atoms with E-state index < -0.39 is 11.9 Å². The zero-order valence-electron chi connectivity index (χ0n) is 15.0. The first-order chi connectivity index (χ1) is 13.3. The number of rotatable bonds is 2. The van der Waals surface area contributed by atoms with Crippen LogP contribution in [0.1, 0.15) is 46.3 Å². The lowest BCUT2D eigenvalue weighted by atomic mass is 9.93. The van der Waals surface area contributed by atoms with Gasteiger partial charge >= 0.3 is 6.18 Å². The van der Waals surface area contributed by atoms with Gasteiger partial charge in [-0.05, 0) is 25.8 Å². The smallest absolute Gasteiger partial charge is 0.337 e. The molecule has 146 valence electrons. The molecule has 0 N–H and O–H groups in total. The van der Waals surface area contributed by atoms with E-state index in [-0.39, 0.29) is 29.7 Å². The predicted octanol–water partition coefficient (Wildman–Crippen LogP) is 2.87. The first kappa shape index (κ1) is 18.3. The maximum absolute atomic E-state index is 13.5. The van der Waals surface area contributed by atoms with Crippen LogP contribution in [0.4, 0.5) is 13.2 Å². The molecule has 0 aliphatic carbocycles. The lowest BCUT2D eigenvalue weighted by Gasteiger charge is -2.32. The van der Waals surface area contributed by atoms with Gasteiger partial charge in [-0.3, -0.25) is 9.78 Å². The third kappa shape index (κ3) is 3.41. The van der Waals surface area contributed by atoms with Crippen LogP contribution in [0.15, 0.2) is 30.7 Å². The van der Waals surface area contributed by atoms with Gasteiger partial charge in [-0.15, -0.1) is 0 Å². The van der Waals surface area contributed by atoms with E-state index in [9.17, 15) is 18.0 Å². The number of halogens is 3. The van der Waals surface area contributed by atoms with Crippen molar-refractivity contribution in [2.24, 2.45) is 0 Å². The van der Waals surface area contributed by atoms with E-state index in [1.165, 1.54) is 24.7 Å². The van der Waals surface area contributed by atoms with E-state index in [4.69, 9.17) is 0 Å². The van der Waals surface area contributed by atoms with Crippen LogP contribution in [-0.2, 0) is 6.18 Å². The van der Waals surface area contributed by atoms with Gasteiger partial charge in [0, 0.05) is 43.2 Å². The van der Waals surface area contributed by atoms with Crippen molar-refractivity contribution in [3.05, 3.63) is 53.5 Å². The average Bonchev–Trinajstić information content (AvgIpc) is 3.06. The summed E-state index contributed by atoms with van der Waals surface area (Å²) in [6, 6.07) is 2.56. The van der Waals surface area contributed by atoms with E-state index >= 15 is 0 Å². The summed E-state index contributed by atoms with van der Waals surface area (Å²) in [5.41, 5.74) is 0.279. The number of amides is 1. The molecular formula is C18H17F3N6O. The minimum atomic E-state index is -4.56. The molecule has 1 amide bonds. The molecule has 1 unspecified atom stereocenters. The molecule has 0 bridgehead atoms. The highest BCUT2D eigenvalue weighted by Crippen LogP contribution is 2.33. The van der Waals surface area contributed by atoms with Crippen LogP contribution in [0.3, 0.4) is 0 Å². The molecule has 10 heteroatoms. The highest BCUT2D eigenvalue weighted by Gasteiger charge is 2.36. The Hall–Kier alpha value is -3.04. The number of hydrogen-bond acceptors (Lipinski definition) is 5. The lowest BCUT2D eigenvalue weighted by molar-refractivity contribution is -0.142. The first-order valence-electron chi connectivity index (χ1n) is 8.83. The van der Waals surface area contributed by atoms with Crippen LogP contribution in [0.2, 0.25) is 0 Å². The van der Waals surface area contributed by atoms with Gasteiger partial charge in [-0.2, -0.15) is 18.3 Å². The standard InChI is InChI=1S/C18H17F3N6O/c1-11-7-16-24-13(8-15(18(19,20)21)27(16)25-11)12-3-2-6-26(10-12)17(28)14-9-22-4-5-23-14/h4-5,7-9,12H,2-3,6,10H2,1H3. The topological polar surface area (TPSA) is 76.3 Å². The number of hydrogen-bond donors (Lipinski definition) is 0. The van der Waals surface area contributed by atoms with Gasteiger partial charge in [0.25, 0.3) is 5.91 Å². The zero-order chi connectivity index (χ0) is 19.9. The molecule has 1 aliphatic heterocycles. The number of alkyl halides is 3. The van der Waals surface area contributed by atoms with E-state index in [1.807, 2.05) is 0 Å². The Morgan fingerprint density at radius 2 is 2.07 bits per heavy atom. The molecule has 4 heterocycles. The number of carbonyl (C=O) groups excluding carboxylic acids is 1. The molecule has 3 aromatic heterocycles. The number of aryl methyl sites for hydroxylation is 1. The van der Waals surface area contributed by atoms with Crippen molar-refractivity contribution in [2.45, 2.75) is 31.9 Å². The van der Waals surface area contributed by atoms with Gasteiger partial charge in [-0.1, -0.05) is 0 Å². The van der Waals surface area contributed by atoms with Gasteiger partial charge in [-0.25, -0.2) is 14.5 Å². The second-order valence-corrected chi connectivity index (χ2v) is 6.80. The largest absolute Gasteiger partial charge is 0.433 e. The Kier molecular flexibility index (Phi) is 4.48. The molecule has 1 saturated heterocycles. The van der Waals surface area contributed by atoms with Crippen molar-refractivity contribution < 1.29 is 18.0 Å². The third-order valence-electron chi connectivity index (χ3n) is 4.77. The third-order valence-corrected chi connectivity index (χ3v) is 4.77. The monoisotopic (exact) mass is 390 g/mol. The van der Waals surface area contributed by atoms with Gasteiger partial charge in [0.05, 0.1) is 11.9 Å². The molecule has 1 aliphatic rings. The lowest BCUT2D eigenvalue weighted by Crippen LogP contribution is -2.39. The molecule has 0 radical (unpaired) electrons. The van der Waals surface area contributed by atoms with Crippen LogP contribution in [0.25, 0.3) is 5.65 Å². The second-order valence-electron chi connectivity index (χ2n) is 6.80. The fourth-order valence-electron chi connectivity index (χ4n) is 3.49. The molecule has 7 nitrogen and oxygen atoms in total. The minimum absolute atomic E-state index is 0.153. The number of fused-ring (bicyclic) bond motifs is 1. The molecule has 0 saturated carbocycles.